The molecule has 3 rings (SSSR count). The monoisotopic (exact) mass is 355 g/mol. The number of aryl methyl sites for hydroxylation is 2. The summed E-state index contributed by atoms with van der Waals surface area (Å²) in [4.78, 5) is 26.7. The van der Waals surface area contributed by atoms with Gasteiger partial charge in [0.15, 0.2) is 5.78 Å². The predicted octanol–water partition coefficient (Wildman–Crippen LogP) is 3.41. The summed E-state index contributed by atoms with van der Waals surface area (Å²) in [6.07, 6.45) is 5.31. The van der Waals surface area contributed by atoms with Gasteiger partial charge in [0.2, 0.25) is 5.91 Å². The summed E-state index contributed by atoms with van der Waals surface area (Å²) in [6.45, 7) is 1.32. The molecule has 0 spiro atoms. The number of carbonyl (C=O) groups excluding carboxylic acids is 2. The molecule has 26 heavy (non-hydrogen) atoms. The quantitative estimate of drug-likeness (QED) is 0.647. The molecule has 0 saturated heterocycles. The summed E-state index contributed by atoms with van der Waals surface area (Å²) >= 11 is 0. The van der Waals surface area contributed by atoms with E-state index in [0.29, 0.717) is 25.3 Å². The van der Waals surface area contributed by atoms with Crippen LogP contribution in [0.1, 0.15) is 46.5 Å². The highest BCUT2D eigenvalue weighted by atomic mass is 16.5. The standard InChI is InChI=1S/C21H25NO4/c1-25-13-11-22(15-19-6-3-12-26-19)21(24)10-9-20(23)18-8-7-16-4-2-5-17(16)14-18/h3,6-8,12,14H,2,4-5,9-11,13,15H2,1H3. The number of methoxy groups -OCH3 is 1. The molecule has 5 heteroatoms. The molecule has 0 fully saturated rings. The third-order valence-electron chi connectivity index (χ3n) is 4.83. The van der Waals surface area contributed by atoms with E-state index >= 15 is 0 Å². The molecule has 0 atom stereocenters. The van der Waals surface area contributed by atoms with E-state index in [1.807, 2.05) is 18.2 Å². The molecule has 0 saturated carbocycles. The van der Waals surface area contributed by atoms with Crippen LogP contribution in [0.4, 0.5) is 0 Å². The van der Waals surface area contributed by atoms with Gasteiger partial charge in [0.05, 0.1) is 19.4 Å². The molecule has 1 heterocycles. The molecular formula is C21H25NO4. The summed E-state index contributed by atoms with van der Waals surface area (Å²) in [5.74, 6) is 0.685. The van der Waals surface area contributed by atoms with Gasteiger partial charge >= 0.3 is 0 Å². The highest BCUT2D eigenvalue weighted by Gasteiger charge is 2.18. The zero-order chi connectivity index (χ0) is 18.4. The summed E-state index contributed by atoms with van der Waals surface area (Å²) in [5.41, 5.74) is 3.34. The fourth-order valence-corrected chi connectivity index (χ4v) is 3.35. The van der Waals surface area contributed by atoms with Gasteiger partial charge in [-0.25, -0.2) is 0 Å². The number of nitrogens with zero attached hydrogens (tertiary/aromatic N) is 1. The number of ether oxygens (including phenoxy) is 1. The Balaban J connectivity index is 1.57. The van der Waals surface area contributed by atoms with Crippen LogP contribution in [0.2, 0.25) is 0 Å². The van der Waals surface area contributed by atoms with Crippen LogP contribution >= 0.6 is 0 Å². The topological polar surface area (TPSA) is 59.8 Å². The first-order valence-electron chi connectivity index (χ1n) is 9.11. The van der Waals surface area contributed by atoms with E-state index in [-0.39, 0.29) is 24.5 Å². The lowest BCUT2D eigenvalue weighted by Crippen LogP contribution is -2.33. The van der Waals surface area contributed by atoms with Crippen LogP contribution in [0.25, 0.3) is 0 Å². The molecule has 0 unspecified atom stereocenters. The van der Waals surface area contributed by atoms with Crippen LogP contribution in [0.3, 0.4) is 0 Å². The first-order chi connectivity index (χ1) is 12.7. The molecule has 0 bridgehead atoms. The van der Waals surface area contributed by atoms with Gasteiger partial charge in [-0.2, -0.15) is 0 Å². The van der Waals surface area contributed by atoms with Crippen molar-refractivity contribution in [3.8, 4) is 0 Å². The molecule has 138 valence electrons. The summed E-state index contributed by atoms with van der Waals surface area (Å²) in [6, 6.07) is 9.58. The zero-order valence-corrected chi connectivity index (χ0v) is 15.2. The van der Waals surface area contributed by atoms with Crippen molar-refractivity contribution in [1.29, 1.82) is 0 Å². The zero-order valence-electron chi connectivity index (χ0n) is 15.2. The van der Waals surface area contributed by atoms with Crippen molar-refractivity contribution in [2.24, 2.45) is 0 Å². The van der Waals surface area contributed by atoms with Gasteiger partial charge in [-0.15, -0.1) is 0 Å². The van der Waals surface area contributed by atoms with Crippen molar-refractivity contribution in [3.05, 3.63) is 59.0 Å². The number of carbonyl (C=O) groups is 2. The lowest BCUT2D eigenvalue weighted by Gasteiger charge is -2.21. The second-order valence-electron chi connectivity index (χ2n) is 6.65. The Bertz CT molecular complexity index is 751. The van der Waals surface area contributed by atoms with Crippen molar-refractivity contribution in [2.45, 2.75) is 38.6 Å². The lowest BCUT2D eigenvalue weighted by molar-refractivity contribution is -0.132. The van der Waals surface area contributed by atoms with E-state index in [2.05, 4.69) is 6.07 Å². The van der Waals surface area contributed by atoms with E-state index in [0.717, 1.165) is 25.0 Å². The van der Waals surface area contributed by atoms with E-state index in [1.165, 1.54) is 11.1 Å². The molecule has 1 aliphatic rings. The first kappa shape index (κ1) is 18.4. The van der Waals surface area contributed by atoms with Crippen molar-refractivity contribution >= 4 is 11.7 Å². The maximum Gasteiger partial charge on any atom is 0.223 e. The van der Waals surface area contributed by atoms with Gasteiger partial charge in [-0.3, -0.25) is 9.59 Å². The number of hydrogen-bond donors (Lipinski definition) is 0. The number of ketones is 1. The number of rotatable bonds is 9. The van der Waals surface area contributed by atoms with Crippen molar-refractivity contribution in [3.63, 3.8) is 0 Å². The Kier molecular flexibility index (Phi) is 6.23. The Morgan fingerprint density at radius 1 is 1.15 bits per heavy atom. The maximum atomic E-state index is 12.6. The summed E-state index contributed by atoms with van der Waals surface area (Å²) < 4.78 is 10.4. The lowest BCUT2D eigenvalue weighted by atomic mass is 10.0. The van der Waals surface area contributed by atoms with E-state index in [9.17, 15) is 9.59 Å². The van der Waals surface area contributed by atoms with Crippen LogP contribution in [0, 0.1) is 0 Å². The van der Waals surface area contributed by atoms with E-state index in [1.54, 1.807) is 24.3 Å². The van der Waals surface area contributed by atoms with Crippen LogP contribution in [0.5, 0.6) is 0 Å². The van der Waals surface area contributed by atoms with Crippen molar-refractivity contribution < 1.29 is 18.7 Å². The Labute approximate surface area is 153 Å². The predicted molar refractivity (Wildman–Crippen MR) is 98.0 cm³/mol. The summed E-state index contributed by atoms with van der Waals surface area (Å²) in [7, 11) is 1.60. The minimum atomic E-state index is -0.0621. The van der Waals surface area contributed by atoms with Gasteiger partial charge in [-0.1, -0.05) is 12.1 Å². The molecule has 2 aromatic rings. The molecule has 0 radical (unpaired) electrons. The molecule has 1 aliphatic carbocycles. The third kappa shape index (κ3) is 4.61. The first-order valence-corrected chi connectivity index (χ1v) is 9.11. The Morgan fingerprint density at radius 3 is 2.77 bits per heavy atom. The van der Waals surface area contributed by atoms with Gasteiger partial charge in [0.25, 0.3) is 0 Å². The molecule has 0 N–H and O–H groups in total. The molecular weight excluding hydrogens is 330 g/mol. The van der Waals surface area contributed by atoms with E-state index < -0.39 is 0 Å². The van der Waals surface area contributed by atoms with Crippen molar-refractivity contribution in [2.75, 3.05) is 20.3 Å². The second-order valence-corrected chi connectivity index (χ2v) is 6.65. The highest BCUT2D eigenvalue weighted by Crippen LogP contribution is 2.23. The largest absolute Gasteiger partial charge is 0.467 e. The SMILES string of the molecule is COCCN(Cc1ccco1)C(=O)CCC(=O)c1ccc2c(c1)CCC2. The number of hydrogen-bond acceptors (Lipinski definition) is 4. The minimum Gasteiger partial charge on any atom is -0.467 e. The fourth-order valence-electron chi connectivity index (χ4n) is 3.35. The number of benzene rings is 1. The van der Waals surface area contributed by atoms with Crippen LogP contribution in [-0.4, -0.2) is 36.9 Å². The molecule has 0 aliphatic heterocycles. The molecule has 1 amide bonds. The van der Waals surface area contributed by atoms with Crippen LogP contribution in [0.15, 0.2) is 41.0 Å². The average Bonchev–Trinajstić information content (AvgIpc) is 3.33. The average molecular weight is 355 g/mol. The fraction of sp³-hybridized carbons (Fsp3) is 0.429. The maximum absolute atomic E-state index is 12.6. The Hall–Kier alpha value is -2.40. The van der Waals surface area contributed by atoms with Gasteiger partial charge in [0.1, 0.15) is 5.76 Å². The van der Waals surface area contributed by atoms with Crippen LogP contribution < -0.4 is 0 Å². The number of fused-ring (bicyclic) bond motifs is 1. The number of Topliss-reactive ketones (excluding diaryl/α,β-unsaturated/α-hetero) is 1. The Morgan fingerprint density at radius 2 is 2.00 bits per heavy atom. The molecule has 1 aromatic carbocycles. The number of amides is 1. The van der Waals surface area contributed by atoms with Gasteiger partial charge in [0, 0.05) is 32.1 Å². The highest BCUT2D eigenvalue weighted by molar-refractivity contribution is 5.98. The van der Waals surface area contributed by atoms with E-state index in [4.69, 9.17) is 9.15 Å². The second kappa shape index (κ2) is 8.81. The third-order valence-corrected chi connectivity index (χ3v) is 4.83. The summed E-state index contributed by atoms with van der Waals surface area (Å²) in [5, 5.41) is 0. The van der Waals surface area contributed by atoms with Gasteiger partial charge < -0.3 is 14.1 Å². The molecule has 1 aromatic heterocycles. The smallest absolute Gasteiger partial charge is 0.223 e. The minimum absolute atomic E-state index is 0.0257. The normalized spacial score (nSPS) is 12.8. The number of furan rings is 1. The molecule has 5 nitrogen and oxygen atoms in total. The van der Waals surface area contributed by atoms with Crippen molar-refractivity contribution in [1.82, 2.24) is 4.90 Å². The van der Waals surface area contributed by atoms with Gasteiger partial charge in [-0.05, 0) is 48.6 Å². The van der Waals surface area contributed by atoms with Crippen LogP contribution in [-0.2, 0) is 28.9 Å².